The summed E-state index contributed by atoms with van der Waals surface area (Å²) in [5.74, 6) is 0.952. The zero-order chi connectivity index (χ0) is 10.1. The quantitative estimate of drug-likeness (QED) is 0.743. The molecule has 2 nitrogen and oxygen atoms in total. The molecule has 0 spiro atoms. The molecule has 0 aromatic heterocycles. The van der Waals surface area contributed by atoms with Crippen molar-refractivity contribution in [3.63, 3.8) is 0 Å². The molecule has 1 aliphatic heterocycles. The summed E-state index contributed by atoms with van der Waals surface area (Å²) < 4.78 is 0. The number of aliphatic hydroxyl groups excluding tert-OH is 1. The maximum atomic E-state index is 9.10. The van der Waals surface area contributed by atoms with E-state index in [0.717, 1.165) is 5.75 Å². The lowest BCUT2D eigenvalue weighted by Gasteiger charge is -2.27. The van der Waals surface area contributed by atoms with E-state index in [0.29, 0.717) is 0 Å². The van der Waals surface area contributed by atoms with E-state index < -0.39 is 0 Å². The Morgan fingerprint density at radius 2 is 2.14 bits per heavy atom. The Labute approximate surface area is 88.7 Å². The summed E-state index contributed by atoms with van der Waals surface area (Å²) in [7, 11) is 0. The molecule has 0 saturated carbocycles. The Bertz CT molecular complexity index is 351. The van der Waals surface area contributed by atoms with Gasteiger partial charge in [-0.2, -0.15) is 0 Å². The van der Waals surface area contributed by atoms with Gasteiger partial charge in [0.05, 0.1) is 18.3 Å². The van der Waals surface area contributed by atoms with Crippen LogP contribution in [0.25, 0.3) is 0 Å². The van der Waals surface area contributed by atoms with E-state index >= 15 is 0 Å². The highest BCUT2D eigenvalue weighted by molar-refractivity contribution is 7.99. The van der Waals surface area contributed by atoms with E-state index in [4.69, 9.17) is 5.11 Å². The van der Waals surface area contributed by atoms with Crippen LogP contribution in [0.1, 0.15) is 11.1 Å². The van der Waals surface area contributed by atoms with Crippen molar-refractivity contribution in [2.75, 3.05) is 17.7 Å². The van der Waals surface area contributed by atoms with Crippen LogP contribution in [-0.2, 0) is 0 Å². The first-order valence-corrected chi connectivity index (χ1v) is 5.81. The largest absolute Gasteiger partial charge is 0.394 e. The minimum Gasteiger partial charge on any atom is -0.394 e. The van der Waals surface area contributed by atoms with Crippen molar-refractivity contribution in [1.29, 1.82) is 0 Å². The van der Waals surface area contributed by atoms with Gasteiger partial charge in [-0.05, 0) is 25.0 Å². The zero-order valence-electron chi connectivity index (χ0n) is 8.50. The fourth-order valence-electron chi connectivity index (χ4n) is 1.68. The van der Waals surface area contributed by atoms with Crippen LogP contribution in [0.15, 0.2) is 17.0 Å². The summed E-state index contributed by atoms with van der Waals surface area (Å²) in [4.78, 5) is 1.34. The van der Waals surface area contributed by atoms with E-state index in [1.54, 1.807) is 0 Å². The topological polar surface area (TPSA) is 32.3 Å². The molecule has 1 atom stereocenters. The SMILES string of the molecule is Cc1ccc(C)c2c1NC(CO)CS2. The summed E-state index contributed by atoms with van der Waals surface area (Å²) in [5.41, 5.74) is 3.79. The first kappa shape index (κ1) is 9.87. The van der Waals surface area contributed by atoms with Crippen molar-refractivity contribution in [3.8, 4) is 0 Å². The number of rotatable bonds is 1. The van der Waals surface area contributed by atoms with Gasteiger partial charge in [0.25, 0.3) is 0 Å². The third-order valence-electron chi connectivity index (χ3n) is 2.56. The zero-order valence-corrected chi connectivity index (χ0v) is 9.32. The Morgan fingerprint density at radius 3 is 2.86 bits per heavy atom. The van der Waals surface area contributed by atoms with Gasteiger partial charge < -0.3 is 10.4 Å². The van der Waals surface area contributed by atoms with Crippen molar-refractivity contribution < 1.29 is 5.11 Å². The van der Waals surface area contributed by atoms with E-state index in [-0.39, 0.29) is 12.6 Å². The van der Waals surface area contributed by atoms with Gasteiger partial charge in [0, 0.05) is 10.6 Å². The van der Waals surface area contributed by atoms with Crippen LogP contribution in [0, 0.1) is 13.8 Å². The van der Waals surface area contributed by atoms with Crippen LogP contribution in [0.2, 0.25) is 0 Å². The number of fused-ring (bicyclic) bond motifs is 1. The van der Waals surface area contributed by atoms with Crippen molar-refractivity contribution in [2.45, 2.75) is 24.8 Å². The Kier molecular flexibility index (Phi) is 2.70. The molecule has 0 fully saturated rings. The monoisotopic (exact) mass is 209 g/mol. The fourth-order valence-corrected chi connectivity index (χ4v) is 2.90. The molecule has 1 aliphatic rings. The van der Waals surface area contributed by atoms with Gasteiger partial charge in [-0.15, -0.1) is 11.8 Å². The maximum Gasteiger partial charge on any atom is 0.0641 e. The third-order valence-corrected chi connectivity index (χ3v) is 3.94. The van der Waals surface area contributed by atoms with Crippen LogP contribution in [0.5, 0.6) is 0 Å². The highest BCUT2D eigenvalue weighted by atomic mass is 32.2. The molecule has 2 N–H and O–H groups in total. The molecule has 1 aromatic rings. The summed E-state index contributed by atoms with van der Waals surface area (Å²) in [6.45, 7) is 4.44. The van der Waals surface area contributed by atoms with E-state index in [1.165, 1.54) is 21.7 Å². The second-order valence-corrected chi connectivity index (χ2v) is 4.77. The Hall–Kier alpha value is -0.670. The lowest BCUT2D eigenvalue weighted by atomic mass is 10.1. The second-order valence-electron chi connectivity index (χ2n) is 3.74. The summed E-state index contributed by atoms with van der Waals surface area (Å²) in [6.07, 6.45) is 0. The molecule has 0 radical (unpaired) electrons. The van der Waals surface area contributed by atoms with Gasteiger partial charge in [-0.1, -0.05) is 12.1 Å². The third kappa shape index (κ3) is 1.62. The van der Waals surface area contributed by atoms with Crippen LogP contribution in [-0.4, -0.2) is 23.5 Å². The van der Waals surface area contributed by atoms with Gasteiger partial charge in [0.2, 0.25) is 0 Å². The molecule has 0 aliphatic carbocycles. The standard InChI is InChI=1S/C11H15NOS/c1-7-3-4-8(2)11-10(7)12-9(5-13)6-14-11/h3-4,9,12-13H,5-6H2,1-2H3. The lowest BCUT2D eigenvalue weighted by molar-refractivity contribution is 0.282. The molecular weight excluding hydrogens is 194 g/mol. The molecule has 2 rings (SSSR count). The number of nitrogens with one attached hydrogen (secondary N) is 1. The highest BCUT2D eigenvalue weighted by Crippen LogP contribution is 2.37. The highest BCUT2D eigenvalue weighted by Gasteiger charge is 2.20. The first-order valence-electron chi connectivity index (χ1n) is 4.82. The van der Waals surface area contributed by atoms with Gasteiger partial charge in [-0.25, -0.2) is 0 Å². The Balaban J connectivity index is 2.40. The van der Waals surface area contributed by atoms with Crippen LogP contribution < -0.4 is 5.32 Å². The van der Waals surface area contributed by atoms with Crippen molar-refractivity contribution in [3.05, 3.63) is 23.3 Å². The first-order chi connectivity index (χ1) is 6.72. The number of thioether (sulfide) groups is 1. The summed E-state index contributed by atoms with van der Waals surface area (Å²) >= 11 is 1.84. The number of hydrogen-bond donors (Lipinski definition) is 2. The molecular formula is C11H15NOS. The molecule has 1 unspecified atom stereocenters. The number of aryl methyl sites for hydroxylation is 2. The maximum absolute atomic E-state index is 9.10. The fraction of sp³-hybridized carbons (Fsp3) is 0.455. The molecule has 76 valence electrons. The lowest BCUT2D eigenvalue weighted by Crippen LogP contribution is -2.30. The van der Waals surface area contributed by atoms with Gasteiger partial charge in [0.1, 0.15) is 0 Å². The van der Waals surface area contributed by atoms with E-state index in [9.17, 15) is 0 Å². The minimum atomic E-state index is 0.202. The van der Waals surface area contributed by atoms with Crippen LogP contribution in [0.3, 0.4) is 0 Å². The predicted molar refractivity (Wildman–Crippen MR) is 61.1 cm³/mol. The van der Waals surface area contributed by atoms with Crippen molar-refractivity contribution in [2.24, 2.45) is 0 Å². The normalized spacial score (nSPS) is 20.1. The predicted octanol–water partition coefficient (Wildman–Crippen LogP) is 2.18. The average Bonchev–Trinajstić information content (AvgIpc) is 2.23. The van der Waals surface area contributed by atoms with Crippen molar-refractivity contribution >= 4 is 17.4 Å². The molecule has 1 heterocycles. The van der Waals surface area contributed by atoms with Gasteiger partial charge in [-0.3, -0.25) is 0 Å². The van der Waals surface area contributed by atoms with E-state index in [1.807, 2.05) is 11.8 Å². The van der Waals surface area contributed by atoms with Crippen molar-refractivity contribution in [1.82, 2.24) is 0 Å². The minimum absolute atomic E-state index is 0.202. The van der Waals surface area contributed by atoms with Crippen LogP contribution in [0.4, 0.5) is 5.69 Å². The summed E-state index contributed by atoms with van der Waals surface area (Å²) in [5, 5.41) is 12.5. The van der Waals surface area contributed by atoms with Crippen LogP contribution >= 0.6 is 11.8 Å². The number of aliphatic hydroxyl groups is 1. The molecule has 1 aromatic carbocycles. The summed E-state index contributed by atoms with van der Waals surface area (Å²) in [6, 6.07) is 4.48. The number of benzene rings is 1. The molecule has 0 amide bonds. The molecule has 14 heavy (non-hydrogen) atoms. The second kappa shape index (κ2) is 3.83. The Morgan fingerprint density at radius 1 is 1.43 bits per heavy atom. The van der Waals surface area contributed by atoms with Gasteiger partial charge >= 0.3 is 0 Å². The van der Waals surface area contributed by atoms with Gasteiger partial charge in [0.15, 0.2) is 0 Å². The smallest absolute Gasteiger partial charge is 0.0641 e. The number of hydrogen-bond acceptors (Lipinski definition) is 3. The average molecular weight is 209 g/mol. The molecule has 0 bridgehead atoms. The molecule has 0 saturated heterocycles. The molecule has 3 heteroatoms. The van der Waals surface area contributed by atoms with E-state index in [2.05, 4.69) is 31.3 Å². The number of anilines is 1.